The summed E-state index contributed by atoms with van der Waals surface area (Å²) in [4.78, 5) is 21.8. The van der Waals surface area contributed by atoms with Crippen LogP contribution in [0.25, 0.3) is 5.82 Å². The molecule has 1 N–H and O–H groups in total. The van der Waals surface area contributed by atoms with Gasteiger partial charge in [-0.3, -0.25) is 4.79 Å². The third-order valence-electron chi connectivity index (χ3n) is 2.83. The average molecular weight is 274 g/mol. The SMILES string of the molecule is CCNc1ncnc(-n2ccc(C(=O)N(C)C)n2)c1C. The van der Waals surface area contributed by atoms with Gasteiger partial charge >= 0.3 is 0 Å². The fourth-order valence-corrected chi connectivity index (χ4v) is 1.80. The number of carbonyl (C=O) groups excluding carboxylic acids is 1. The van der Waals surface area contributed by atoms with Crippen molar-refractivity contribution in [2.75, 3.05) is 26.0 Å². The van der Waals surface area contributed by atoms with Crippen molar-refractivity contribution in [2.24, 2.45) is 0 Å². The zero-order valence-corrected chi connectivity index (χ0v) is 12.1. The number of aromatic nitrogens is 4. The highest BCUT2D eigenvalue weighted by atomic mass is 16.2. The lowest BCUT2D eigenvalue weighted by atomic mass is 10.3. The second kappa shape index (κ2) is 5.68. The molecule has 0 spiro atoms. The Labute approximate surface area is 117 Å². The van der Waals surface area contributed by atoms with Gasteiger partial charge in [0.05, 0.1) is 0 Å². The van der Waals surface area contributed by atoms with E-state index in [1.807, 2.05) is 13.8 Å². The topological polar surface area (TPSA) is 75.9 Å². The minimum absolute atomic E-state index is 0.137. The zero-order chi connectivity index (χ0) is 14.7. The van der Waals surface area contributed by atoms with E-state index in [1.54, 1.807) is 31.0 Å². The summed E-state index contributed by atoms with van der Waals surface area (Å²) in [5, 5.41) is 7.44. The Balaban J connectivity index is 2.38. The largest absolute Gasteiger partial charge is 0.370 e. The van der Waals surface area contributed by atoms with E-state index in [9.17, 15) is 4.79 Å². The maximum Gasteiger partial charge on any atom is 0.273 e. The molecule has 0 saturated carbocycles. The molecule has 0 bridgehead atoms. The van der Waals surface area contributed by atoms with E-state index in [-0.39, 0.29) is 5.91 Å². The molecule has 0 fully saturated rings. The summed E-state index contributed by atoms with van der Waals surface area (Å²) in [5.41, 5.74) is 1.28. The predicted molar refractivity (Wildman–Crippen MR) is 76.1 cm³/mol. The Kier molecular flexibility index (Phi) is 3.97. The highest BCUT2D eigenvalue weighted by molar-refractivity contribution is 5.91. The third-order valence-corrected chi connectivity index (χ3v) is 2.83. The Bertz CT molecular complexity index is 619. The molecule has 7 heteroatoms. The molecule has 0 atom stereocenters. The molecule has 106 valence electrons. The van der Waals surface area contributed by atoms with Crippen molar-refractivity contribution < 1.29 is 4.79 Å². The number of nitrogens with zero attached hydrogens (tertiary/aromatic N) is 5. The predicted octanol–water partition coefficient (Wildman–Crippen LogP) is 1.10. The molecule has 0 saturated heterocycles. The molecule has 0 radical (unpaired) electrons. The highest BCUT2D eigenvalue weighted by Crippen LogP contribution is 2.17. The van der Waals surface area contributed by atoms with Crippen molar-refractivity contribution in [3.05, 3.63) is 29.8 Å². The molecule has 2 heterocycles. The van der Waals surface area contributed by atoms with Crippen LogP contribution in [0.1, 0.15) is 23.0 Å². The molecular formula is C13H18N6O. The van der Waals surface area contributed by atoms with Crippen molar-refractivity contribution in [1.82, 2.24) is 24.6 Å². The molecule has 0 unspecified atom stereocenters. The summed E-state index contributed by atoms with van der Waals surface area (Å²) >= 11 is 0. The standard InChI is InChI=1S/C13H18N6O/c1-5-14-11-9(2)12(16-8-15-11)19-7-6-10(17-19)13(20)18(3)4/h6-8H,5H2,1-4H3,(H,14,15,16). The van der Waals surface area contributed by atoms with Gasteiger partial charge in [0.25, 0.3) is 5.91 Å². The number of nitrogens with one attached hydrogen (secondary N) is 1. The van der Waals surface area contributed by atoms with Gasteiger partial charge in [0.1, 0.15) is 12.1 Å². The summed E-state index contributed by atoms with van der Waals surface area (Å²) < 4.78 is 1.59. The van der Waals surface area contributed by atoms with Crippen LogP contribution < -0.4 is 5.32 Å². The molecule has 7 nitrogen and oxygen atoms in total. The van der Waals surface area contributed by atoms with Gasteiger partial charge in [-0.2, -0.15) is 5.10 Å². The second-order valence-electron chi connectivity index (χ2n) is 4.55. The summed E-state index contributed by atoms with van der Waals surface area (Å²) in [7, 11) is 3.39. The van der Waals surface area contributed by atoms with Gasteiger partial charge in [-0.1, -0.05) is 0 Å². The Hall–Kier alpha value is -2.44. The van der Waals surface area contributed by atoms with Gasteiger partial charge in [-0.15, -0.1) is 0 Å². The van der Waals surface area contributed by atoms with E-state index >= 15 is 0 Å². The lowest BCUT2D eigenvalue weighted by molar-refractivity contribution is 0.0821. The molecule has 20 heavy (non-hydrogen) atoms. The van der Waals surface area contributed by atoms with Gasteiger partial charge in [0.2, 0.25) is 0 Å². The lowest BCUT2D eigenvalue weighted by Gasteiger charge is -2.10. The van der Waals surface area contributed by atoms with Crippen LogP contribution in [0.2, 0.25) is 0 Å². The van der Waals surface area contributed by atoms with Crippen LogP contribution in [0, 0.1) is 6.92 Å². The van der Waals surface area contributed by atoms with E-state index in [2.05, 4.69) is 20.4 Å². The highest BCUT2D eigenvalue weighted by Gasteiger charge is 2.14. The number of amides is 1. The number of hydrogen-bond acceptors (Lipinski definition) is 5. The number of carbonyl (C=O) groups is 1. The quantitative estimate of drug-likeness (QED) is 0.903. The van der Waals surface area contributed by atoms with Crippen LogP contribution in [0.4, 0.5) is 5.82 Å². The number of hydrogen-bond donors (Lipinski definition) is 1. The van der Waals surface area contributed by atoms with Crippen molar-refractivity contribution in [3.8, 4) is 5.82 Å². The van der Waals surface area contributed by atoms with Crippen LogP contribution >= 0.6 is 0 Å². The first-order valence-electron chi connectivity index (χ1n) is 6.37. The monoisotopic (exact) mass is 274 g/mol. The Morgan fingerprint density at radius 1 is 1.40 bits per heavy atom. The van der Waals surface area contributed by atoms with E-state index in [4.69, 9.17) is 0 Å². The first-order chi connectivity index (χ1) is 9.54. The van der Waals surface area contributed by atoms with Crippen LogP contribution in [-0.4, -0.2) is 51.2 Å². The van der Waals surface area contributed by atoms with Crippen LogP contribution in [0.5, 0.6) is 0 Å². The average Bonchev–Trinajstić information content (AvgIpc) is 2.89. The van der Waals surface area contributed by atoms with E-state index < -0.39 is 0 Å². The van der Waals surface area contributed by atoms with Gasteiger partial charge < -0.3 is 10.2 Å². The molecule has 0 aliphatic carbocycles. The minimum Gasteiger partial charge on any atom is -0.370 e. The summed E-state index contributed by atoms with van der Waals surface area (Å²) in [6.07, 6.45) is 3.21. The molecule has 0 aromatic carbocycles. The van der Waals surface area contributed by atoms with Crippen LogP contribution in [0.15, 0.2) is 18.6 Å². The molecule has 2 aromatic heterocycles. The van der Waals surface area contributed by atoms with Crippen LogP contribution in [-0.2, 0) is 0 Å². The normalized spacial score (nSPS) is 10.4. The minimum atomic E-state index is -0.137. The second-order valence-corrected chi connectivity index (χ2v) is 4.55. The van der Waals surface area contributed by atoms with Gasteiger partial charge in [-0.25, -0.2) is 14.6 Å². The maximum absolute atomic E-state index is 11.8. The summed E-state index contributed by atoms with van der Waals surface area (Å²) in [6.45, 7) is 4.70. The van der Waals surface area contributed by atoms with Crippen molar-refractivity contribution in [1.29, 1.82) is 0 Å². The van der Waals surface area contributed by atoms with Crippen molar-refractivity contribution >= 4 is 11.7 Å². The smallest absolute Gasteiger partial charge is 0.273 e. The molecular weight excluding hydrogens is 256 g/mol. The lowest BCUT2D eigenvalue weighted by Crippen LogP contribution is -2.22. The van der Waals surface area contributed by atoms with Gasteiger partial charge in [0, 0.05) is 32.4 Å². The van der Waals surface area contributed by atoms with E-state index in [0.29, 0.717) is 11.5 Å². The van der Waals surface area contributed by atoms with Gasteiger partial charge in [0.15, 0.2) is 11.5 Å². The fraction of sp³-hybridized carbons (Fsp3) is 0.385. The van der Waals surface area contributed by atoms with E-state index in [0.717, 1.165) is 17.9 Å². The molecule has 0 aliphatic rings. The number of rotatable bonds is 4. The zero-order valence-electron chi connectivity index (χ0n) is 12.1. The first-order valence-corrected chi connectivity index (χ1v) is 6.37. The van der Waals surface area contributed by atoms with Crippen molar-refractivity contribution in [3.63, 3.8) is 0 Å². The molecule has 2 rings (SSSR count). The molecule has 1 amide bonds. The first kappa shape index (κ1) is 14.0. The summed E-state index contributed by atoms with van der Waals surface area (Å²) in [5.74, 6) is 1.30. The van der Waals surface area contributed by atoms with E-state index in [1.165, 1.54) is 11.2 Å². The fourth-order valence-electron chi connectivity index (χ4n) is 1.80. The van der Waals surface area contributed by atoms with Crippen LogP contribution in [0.3, 0.4) is 0 Å². The molecule has 0 aliphatic heterocycles. The van der Waals surface area contributed by atoms with Gasteiger partial charge in [-0.05, 0) is 19.9 Å². The summed E-state index contributed by atoms with van der Waals surface area (Å²) in [6, 6.07) is 1.68. The number of anilines is 1. The molecule has 2 aromatic rings. The Morgan fingerprint density at radius 3 is 2.80 bits per heavy atom. The maximum atomic E-state index is 11.8. The Morgan fingerprint density at radius 2 is 2.15 bits per heavy atom. The van der Waals surface area contributed by atoms with Crippen molar-refractivity contribution in [2.45, 2.75) is 13.8 Å². The third kappa shape index (κ3) is 2.61.